The summed E-state index contributed by atoms with van der Waals surface area (Å²) < 4.78 is 0. The van der Waals surface area contributed by atoms with E-state index in [-0.39, 0.29) is 18.6 Å². The van der Waals surface area contributed by atoms with Gasteiger partial charge < -0.3 is 10.4 Å². The molecule has 2 aliphatic rings. The third-order valence-electron chi connectivity index (χ3n) is 2.81. The highest BCUT2D eigenvalue weighted by atomic mass is 16.3. The number of hydrogen-bond donors (Lipinski definition) is 2. The minimum atomic E-state index is 0.0819. The zero-order valence-corrected chi connectivity index (χ0v) is 7.62. The molecule has 1 saturated carbocycles. The van der Waals surface area contributed by atoms with Gasteiger partial charge in [-0.1, -0.05) is 6.08 Å². The minimum Gasteiger partial charge on any atom is -0.396 e. The minimum absolute atomic E-state index is 0.0819. The molecule has 0 unspecified atom stereocenters. The number of amides is 1. The highest BCUT2D eigenvalue weighted by Crippen LogP contribution is 2.30. The Morgan fingerprint density at radius 2 is 2.54 bits per heavy atom. The Labute approximate surface area is 77.8 Å². The van der Waals surface area contributed by atoms with Crippen molar-refractivity contribution in [1.82, 2.24) is 5.32 Å². The summed E-state index contributed by atoms with van der Waals surface area (Å²) in [5.41, 5.74) is 0.934. The number of carbonyl (C=O) groups excluding carboxylic acids is 1. The molecule has 3 nitrogen and oxygen atoms in total. The summed E-state index contributed by atoms with van der Waals surface area (Å²) in [7, 11) is 0. The van der Waals surface area contributed by atoms with Crippen molar-refractivity contribution in [3.63, 3.8) is 0 Å². The van der Waals surface area contributed by atoms with Crippen LogP contribution in [0, 0.1) is 5.92 Å². The van der Waals surface area contributed by atoms with E-state index in [2.05, 4.69) is 5.32 Å². The SMILES string of the molecule is O=C(N[C@@H]1C[C@H]1CO)C1=CCCC1. The third-order valence-corrected chi connectivity index (χ3v) is 2.81. The summed E-state index contributed by atoms with van der Waals surface area (Å²) in [5.74, 6) is 0.393. The first-order chi connectivity index (χ1) is 6.31. The molecule has 0 heterocycles. The van der Waals surface area contributed by atoms with Gasteiger partial charge in [-0.05, 0) is 25.7 Å². The van der Waals surface area contributed by atoms with Gasteiger partial charge in [0, 0.05) is 24.1 Å². The Kier molecular flexibility index (Phi) is 2.36. The Bertz CT molecular complexity index is 247. The van der Waals surface area contributed by atoms with E-state index in [0.717, 1.165) is 31.3 Å². The van der Waals surface area contributed by atoms with Gasteiger partial charge in [0.1, 0.15) is 0 Å². The van der Waals surface area contributed by atoms with Crippen LogP contribution in [-0.2, 0) is 4.79 Å². The normalized spacial score (nSPS) is 31.3. The van der Waals surface area contributed by atoms with Crippen molar-refractivity contribution in [2.45, 2.75) is 31.7 Å². The monoisotopic (exact) mass is 181 g/mol. The predicted octanol–water partition coefficient (Wildman–Crippen LogP) is 0.594. The van der Waals surface area contributed by atoms with Crippen LogP contribution in [0.3, 0.4) is 0 Å². The fraction of sp³-hybridized carbons (Fsp3) is 0.700. The van der Waals surface area contributed by atoms with Gasteiger partial charge in [0.15, 0.2) is 0 Å². The Balaban J connectivity index is 1.79. The van der Waals surface area contributed by atoms with Crippen molar-refractivity contribution >= 4 is 5.91 Å². The summed E-state index contributed by atoms with van der Waals surface area (Å²) in [4.78, 5) is 11.5. The molecule has 2 rings (SSSR count). The number of aliphatic hydroxyl groups is 1. The molecule has 0 spiro atoms. The highest BCUT2D eigenvalue weighted by molar-refractivity contribution is 5.94. The summed E-state index contributed by atoms with van der Waals surface area (Å²) in [5, 5.41) is 11.7. The molecule has 0 aromatic heterocycles. The molecule has 0 aliphatic heterocycles. The molecular formula is C10H15NO2. The number of allylic oxidation sites excluding steroid dienone is 1. The lowest BCUT2D eigenvalue weighted by Crippen LogP contribution is -2.28. The number of rotatable bonds is 3. The van der Waals surface area contributed by atoms with E-state index < -0.39 is 0 Å². The van der Waals surface area contributed by atoms with Crippen LogP contribution in [0.15, 0.2) is 11.6 Å². The second kappa shape index (κ2) is 3.50. The maximum atomic E-state index is 11.5. The Morgan fingerprint density at radius 3 is 3.08 bits per heavy atom. The summed E-state index contributed by atoms with van der Waals surface area (Å²) >= 11 is 0. The van der Waals surface area contributed by atoms with Crippen molar-refractivity contribution in [1.29, 1.82) is 0 Å². The molecule has 72 valence electrons. The van der Waals surface area contributed by atoms with E-state index in [1.165, 1.54) is 0 Å². The van der Waals surface area contributed by atoms with E-state index in [9.17, 15) is 4.79 Å². The van der Waals surface area contributed by atoms with Crippen molar-refractivity contribution in [3.05, 3.63) is 11.6 Å². The maximum absolute atomic E-state index is 11.5. The van der Waals surface area contributed by atoms with Gasteiger partial charge >= 0.3 is 0 Å². The lowest BCUT2D eigenvalue weighted by atomic mass is 10.2. The fourth-order valence-electron chi connectivity index (χ4n) is 1.76. The number of nitrogens with one attached hydrogen (secondary N) is 1. The van der Waals surface area contributed by atoms with Crippen molar-refractivity contribution < 1.29 is 9.90 Å². The highest BCUT2D eigenvalue weighted by Gasteiger charge is 2.37. The summed E-state index contributed by atoms with van der Waals surface area (Å²) in [6, 6.07) is 0.235. The van der Waals surface area contributed by atoms with Gasteiger partial charge in [-0.3, -0.25) is 4.79 Å². The van der Waals surface area contributed by atoms with E-state index in [1.807, 2.05) is 6.08 Å². The van der Waals surface area contributed by atoms with Crippen LogP contribution in [0.2, 0.25) is 0 Å². The first kappa shape index (κ1) is 8.75. The first-order valence-corrected chi connectivity index (χ1v) is 4.92. The first-order valence-electron chi connectivity index (χ1n) is 4.92. The standard InChI is InChI=1S/C10H15NO2/c12-6-8-5-9(8)11-10(13)7-3-1-2-4-7/h3,8-9,12H,1-2,4-6H2,(H,11,13)/t8-,9+/m0/s1. The molecule has 0 bridgehead atoms. The molecule has 1 fully saturated rings. The zero-order chi connectivity index (χ0) is 9.26. The fourth-order valence-corrected chi connectivity index (χ4v) is 1.76. The van der Waals surface area contributed by atoms with E-state index in [0.29, 0.717) is 5.92 Å². The van der Waals surface area contributed by atoms with Gasteiger partial charge in [-0.25, -0.2) is 0 Å². The molecule has 0 saturated heterocycles. The lowest BCUT2D eigenvalue weighted by molar-refractivity contribution is -0.117. The van der Waals surface area contributed by atoms with Gasteiger partial charge in [-0.15, -0.1) is 0 Å². The van der Waals surface area contributed by atoms with Crippen LogP contribution < -0.4 is 5.32 Å². The van der Waals surface area contributed by atoms with Crippen LogP contribution in [0.4, 0.5) is 0 Å². The largest absolute Gasteiger partial charge is 0.396 e. The van der Waals surface area contributed by atoms with E-state index in [4.69, 9.17) is 5.11 Å². The average molecular weight is 181 g/mol. The molecule has 0 aromatic rings. The molecule has 3 heteroatoms. The van der Waals surface area contributed by atoms with Crippen molar-refractivity contribution in [2.24, 2.45) is 5.92 Å². The number of aliphatic hydroxyl groups excluding tert-OH is 1. The van der Waals surface area contributed by atoms with E-state index in [1.54, 1.807) is 0 Å². The topological polar surface area (TPSA) is 49.3 Å². The second-order valence-electron chi connectivity index (χ2n) is 3.88. The summed E-state index contributed by atoms with van der Waals surface area (Å²) in [6.45, 7) is 0.198. The molecular weight excluding hydrogens is 166 g/mol. The lowest BCUT2D eigenvalue weighted by Gasteiger charge is -2.03. The van der Waals surface area contributed by atoms with Crippen molar-refractivity contribution in [3.8, 4) is 0 Å². The van der Waals surface area contributed by atoms with Gasteiger partial charge in [0.05, 0.1) is 0 Å². The molecule has 0 aromatic carbocycles. The molecule has 0 radical (unpaired) electrons. The van der Waals surface area contributed by atoms with Crippen LogP contribution in [0.5, 0.6) is 0 Å². The molecule has 1 amide bonds. The maximum Gasteiger partial charge on any atom is 0.247 e. The summed E-state index contributed by atoms with van der Waals surface area (Å²) in [6.07, 6.45) is 6.03. The molecule has 2 N–H and O–H groups in total. The Hall–Kier alpha value is -0.830. The second-order valence-corrected chi connectivity index (χ2v) is 3.88. The Morgan fingerprint density at radius 1 is 1.69 bits per heavy atom. The number of hydrogen-bond acceptors (Lipinski definition) is 2. The zero-order valence-electron chi connectivity index (χ0n) is 7.62. The number of carbonyl (C=O) groups is 1. The van der Waals surface area contributed by atoms with Gasteiger partial charge in [0.2, 0.25) is 5.91 Å². The molecule has 13 heavy (non-hydrogen) atoms. The smallest absolute Gasteiger partial charge is 0.247 e. The van der Waals surface area contributed by atoms with Crippen LogP contribution in [-0.4, -0.2) is 23.7 Å². The van der Waals surface area contributed by atoms with Gasteiger partial charge in [0.25, 0.3) is 0 Å². The van der Waals surface area contributed by atoms with Gasteiger partial charge in [-0.2, -0.15) is 0 Å². The molecule has 2 aliphatic carbocycles. The molecule has 2 atom stereocenters. The van der Waals surface area contributed by atoms with Crippen molar-refractivity contribution in [2.75, 3.05) is 6.61 Å². The van der Waals surface area contributed by atoms with E-state index >= 15 is 0 Å². The quantitative estimate of drug-likeness (QED) is 0.669. The predicted molar refractivity (Wildman–Crippen MR) is 49.1 cm³/mol. The van der Waals surface area contributed by atoms with Crippen LogP contribution >= 0.6 is 0 Å². The third kappa shape index (κ3) is 1.91. The van der Waals surface area contributed by atoms with Crippen LogP contribution in [0.25, 0.3) is 0 Å². The van der Waals surface area contributed by atoms with Crippen LogP contribution in [0.1, 0.15) is 25.7 Å². The average Bonchev–Trinajstić information content (AvgIpc) is 2.68.